The third-order valence-electron chi connectivity index (χ3n) is 1.82. The molecule has 2 N–H and O–H groups in total. The van der Waals surface area contributed by atoms with Crippen molar-refractivity contribution in [3.05, 3.63) is 0 Å². The Kier molecular flexibility index (Phi) is 3.98. The largest absolute Gasteiger partial charge is 0.368 e. The van der Waals surface area contributed by atoms with Crippen LogP contribution in [0.25, 0.3) is 0 Å². The Bertz CT molecular complexity index is 390. The minimum atomic E-state index is 0.101. The zero-order valence-corrected chi connectivity index (χ0v) is 9.93. The first-order chi connectivity index (χ1) is 7.52. The van der Waals surface area contributed by atoms with Gasteiger partial charge in [0.1, 0.15) is 0 Å². The second-order valence-electron chi connectivity index (χ2n) is 3.44. The van der Waals surface area contributed by atoms with E-state index in [1.165, 1.54) is 0 Å². The smallest absolute Gasteiger partial charge is 0.352 e. The molecule has 16 heavy (non-hydrogen) atoms. The van der Waals surface area contributed by atoms with Gasteiger partial charge in [-0.15, -0.1) is 0 Å². The summed E-state index contributed by atoms with van der Waals surface area (Å²) in [5.74, 6) is 0.546. The normalized spacial score (nSPS) is 11.4. The van der Waals surface area contributed by atoms with Gasteiger partial charge in [0.2, 0.25) is 11.9 Å². The predicted octanol–water partition coefficient (Wildman–Crippen LogP) is 0.684. The van der Waals surface area contributed by atoms with Crippen LogP contribution in [0.4, 0.5) is 11.9 Å². The first-order valence-corrected chi connectivity index (χ1v) is 4.92. The van der Waals surface area contributed by atoms with Gasteiger partial charge in [-0.1, -0.05) is 12.1 Å². The second-order valence-corrected chi connectivity index (χ2v) is 3.44. The van der Waals surface area contributed by atoms with Gasteiger partial charge in [0.25, 0.3) is 0 Å². The topological polar surface area (TPSA) is 89.5 Å². The van der Waals surface area contributed by atoms with Gasteiger partial charge in [0.05, 0.1) is 5.71 Å². The maximum atomic E-state index is 5.52. The number of nitrogen functional groups attached to an aromatic ring is 1. The van der Waals surface area contributed by atoms with Crippen LogP contribution in [-0.4, -0.2) is 34.8 Å². The molecule has 0 amide bonds. The SMILES string of the molecule is CCC(C)=NOc1nc(N)nc(N(C)C)n1. The Morgan fingerprint density at radius 1 is 1.38 bits per heavy atom. The quantitative estimate of drug-likeness (QED) is 0.597. The van der Waals surface area contributed by atoms with E-state index in [9.17, 15) is 0 Å². The Morgan fingerprint density at radius 3 is 2.62 bits per heavy atom. The molecule has 0 radical (unpaired) electrons. The molecule has 0 atom stereocenters. The minimum Gasteiger partial charge on any atom is -0.368 e. The summed E-state index contributed by atoms with van der Waals surface area (Å²) in [7, 11) is 3.61. The molecule has 1 heterocycles. The van der Waals surface area contributed by atoms with E-state index in [1.54, 1.807) is 19.0 Å². The Balaban J connectivity index is 2.88. The molecule has 0 aliphatic heterocycles. The Hall–Kier alpha value is -1.92. The molecule has 1 aromatic heterocycles. The van der Waals surface area contributed by atoms with Gasteiger partial charge in [-0.2, -0.15) is 15.0 Å². The summed E-state index contributed by atoms with van der Waals surface area (Å²) in [6.07, 6.45) is 0.807. The van der Waals surface area contributed by atoms with E-state index in [1.807, 2.05) is 13.8 Å². The van der Waals surface area contributed by atoms with Crippen molar-refractivity contribution in [1.29, 1.82) is 0 Å². The maximum Gasteiger partial charge on any atom is 0.352 e. The molecule has 0 saturated heterocycles. The third kappa shape index (κ3) is 3.34. The summed E-state index contributed by atoms with van der Waals surface area (Å²) in [4.78, 5) is 18.5. The van der Waals surface area contributed by atoms with Gasteiger partial charge in [-0.05, 0) is 13.3 Å². The average Bonchev–Trinajstić information content (AvgIpc) is 2.25. The van der Waals surface area contributed by atoms with Gasteiger partial charge in [-0.25, -0.2) is 0 Å². The molecule has 0 aromatic carbocycles. The first kappa shape index (κ1) is 12.2. The van der Waals surface area contributed by atoms with Gasteiger partial charge in [0.15, 0.2) is 0 Å². The fourth-order valence-corrected chi connectivity index (χ4v) is 0.785. The van der Waals surface area contributed by atoms with Gasteiger partial charge < -0.3 is 15.5 Å². The van der Waals surface area contributed by atoms with Crippen molar-refractivity contribution in [2.45, 2.75) is 20.3 Å². The number of hydrogen-bond acceptors (Lipinski definition) is 7. The second kappa shape index (κ2) is 5.24. The standard InChI is InChI=1S/C9H16N6O/c1-5-6(2)14-16-9-12-7(10)11-8(13-9)15(3)4/h5H2,1-4H3,(H2,10,11,12,13). The third-order valence-corrected chi connectivity index (χ3v) is 1.82. The van der Waals surface area contributed by atoms with Crippen molar-refractivity contribution in [3.8, 4) is 6.01 Å². The summed E-state index contributed by atoms with van der Waals surface area (Å²) < 4.78 is 0. The molecule has 0 aliphatic rings. The number of nitrogens with two attached hydrogens (primary N) is 1. The lowest BCUT2D eigenvalue weighted by molar-refractivity contribution is 0.311. The summed E-state index contributed by atoms with van der Waals surface area (Å²) in [6.45, 7) is 3.84. The van der Waals surface area contributed by atoms with Gasteiger partial charge in [-0.3, -0.25) is 0 Å². The fourth-order valence-electron chi connectivity index (χ4n) is 0.785. The van der Waals surface area contributed by atoms with E-state index >= 15 is 0 Å². The lowest BCUT2D eigenvalue weighted by atomic mass is 10.3. The molecule has 0 saturated carbocycles. The Labute approximate surface area is 94.3 Å². The molecule has 0 bridgehead atoms. The number of anilines is 2. The monoisotopic (exact) mass is 224 g/mol. The van der Waals surface area contributed by atoms with Crippen LogP contribution in [0.1, 0.15) is 20.3 Å². The molecule has 7 heteroatoms. The highest BCUT2D eigenvalue weighted by atomic mass is 16.6. The van der Waals surface area contributed by atoms with Crippen LogP contribution in [0.15, 0.2) is 5.16 Å². The van der Waals surface area contributed by atoms with E-state index < -0.39 is 0 Å². The first-order valence-electron chi connectivity index (χ1n) is 4.92. The molecule has 7 nitrogen and oxygen atoms in total. The summed E-state index contributed by atoms with van der Waals surface area (Å²) in [6, 6.07) is 0.101. The molecular formula is C9H16N6O. The zero-order chi connectivity index (χ0) is 12.1. The van der Waals surface area contributed by atoms with E-state index in [4.69, 9.17) is 10.6 Å². The molecule has 0 aliphatic carbocycles. The lowest BCUT2D eigenvalue weighted by Gasteiger charge is -2.10. The molecule has 1 aromatic rings. The fraction of sp³-hybridized carbons (Fsp3) is 0.556. The van der Waals surface area contributed by atoms with Crippen molar-refractivity contribution in [1.82, 2.24) is 15.0 Å². The lowest BCUT2D eigenvalue weighted by Crippen LogP contribution is -2.15. The van der Waals surface area contributed by atoms with Gasteiger partial charge in [0, 0.05) is 14.1 Å². The molecule has 0 spiro atoms. The summed E-state index contributed by atoms with van der Waals surface area (Å²) in [5, 5.41) is 3.84. The summed E-state index contributed by atoms with van der Waals surface area (Å²) >= 11 is 0. The predicted molar refractivity (Wildman–Crippen MR) is 62.6 cm³/mol. The number of oxime groups is 1. The van der Waals surface area contributed by atoms with Crippen LogP contribution in [0.3, 0.4) is 0 Å². The van der Waals surface area contributed by atoms with E-state index in [0.29, 0.717) is 5.95 Å². The molecule has 1 rings (SSSR count). The molecule has 0 fully saturated rings. The van der Waals surface area contributed by atoms with Crippen LogP contribution in [0, 0.1) is 0 Å². The molecular weight excluding hydrogens is 208 g/mol. The number of nitrogens with zero attached hydrogens (tertiary/aromatic N) is 5. The summed E-state index contributed by atoms with van der Waals surface area (Å²) in [5.41, 5.74) is 6.37. The van der Waals surface area contributed by atoms with Crippen LogP contribution < -0.4 is 15.5 Å². The molecule has 0 unspecified atom stereocenters. The van der Waals surface area contributed by atoms with E-state index in [0.717, 1.165) is 12.1 Å². The van der Waals surface area contributed by atoms with E-state index in [-0.39, 0.29) is 12.0 Å². The van der Waals surface area contributed by atoms with Crippen molar-refractivity contribution < 1.29 is 4.84 Å². The van der Waals surface area contributed by atoms with Crippen molar-refractivity contribution in [3.63, 3.8) is 0 Å². The van der Waals surface area contributed by atoms with Crippen molar-refractivity contribution in [2.24, 2.45) is 5.16 Å². The highest BCUT2D eigenvalue weighted by molar-refractivity contribution is 5.80. The van der Waals surface area contributed by atoms with Crippen molar-refractivity contribution in [2.75, 3.05) is 24.7 Å². The number of aromatic nitrogens is 3. The van der Waals surface area contributed by atoms with Crippen LogP contribution in [0.5, 0.6) is 6.01 Å². The van der Waals surface area contributed by atoms with Crippen LogP contribution in [0.2, 0.25) is 0 Å². The highest BCUT2D eigenvalue weighted by Gasteiger charge is 2.06. The van der Waals surface area contributed by atoms with E-state index in [2.05, 4.69) is 20.1 Å². The minimum absolute atomic E-state index is 0.101. The highest BCUT2D eigenvalue weighted by Crippen LogP contribution is 2.11. The maximum absolute atomic E-state index is 5.52. The average molecular weight is 224 g/mol. The molecule has 88 valence electrons. The number of rotatable bonds is 4. The zero-order valence-electron chi connectivity index (χ0n) is 9.93. The van der Waals surface area contributed by atoms with Gasteiger partial charge >= 0.3 is 6.01 Å². The van der Waals surface area contributed by atoms with Crippen LogP contribution >= 0.6 is 0 Å². The van der Waals surface area contributed by atoms with Crippen molar-refractivity contribution >= 4 is 17.6 Å². The Morgan fingerprint density at radius 2 is 2.06 bits per heavy atom. The number of hydrogen-bond donors (Lipinski definition) is 1. The van der Waals surface area contributed by atoms with Crippen LogP contribution in [-0.2, 0) is 0 Å².